The molecule has 7 heteroatoms. The quantitative estimate of drug-likeness (QED) is 0.0395. The molecule has 0 aromatic carbocycles. The maximum absolute atomic E-state index is 12.8. The van der Waals surface area contributed by atoms with Crippen LogP contribution < -0.4 is 0 Å². The zero-order valence-electron chi connectivity index (χ0n) is 31.2. The van der Waals surface area contributed by atoms with Crippen LogP contribution in [0, 0.1) is 29.1 Å². The zero-order valence-corrected chi connectivity index (χ0v) is 31.2. The summed E-state index contributed by atoms with van der Waals surface area (Å²) in [6.07, 6.45) is 37.7. The second-order valence-corrected chi connectivity index (χ2v) is 15.9. The van der Waals surface area contributed by atoms with E-state index in [1.54, 1.807) is 17.0 Å². The summed E-state index contributed by atoms with van der Waals surface area (Å²) in [4.78, 5) is 37.7. The lowest BCUT2D eigenvalue weighted by molar-refractivity contribution is -0.153. The maximum atomic E-state index is 12.8. The smallest absolute Gasteiger partial charge is 0.325 e. The van der Waals surface area contributed by atoms with Crippen LogP contribution in [0.2, 0.25) is 0 Å². The molecular formula is C43H67NO6. The number of unbranched alkanes of at least 4 members (excludes halogenated alkanes) is 9. The number of rotatable bonds is 27. The Morgan fingerprint density at radius 3 is 1.74 bits per heavy atom. The second-order valence-electron chi connectivity index (χ2n) is 15.9. The number of aromatic nitrogens is 1. The first-order valence-electron chi connectivity index (χ1n) is 20.3. The van der Waals surface area contributed by atoms with E-state index in [0.29, 0.717) is 18.3 Å². The van der Waals surface area contributed by atoms with Crippen molar-refractivity contribution in [3.05, 3.63) is 48.8 Å². The Morgan fingerprint density at radius 1 is 0.660 bits per heavy atom. The lowest BCUT2D eigenvalue weighted by Crippen LogP contribution is -2.45. The zero-order chi connectivity index (χ0) is 35.3. The van der Waals surface area contributed by atoms with Crippen molar-refractivity contribution in [2.75, 3.05) is 19.8 Å². The maximum Gasteiger partial charge on any atom is 0.325 e. The Hall–Kier alpha value is -2.83. The number of hydrogen-bond acceptors (Lipinski definition) is 6. The molecule has 7 nitrogen and oxygen atoms in total. The van der Waals surface area contributed by atoms with E-state index in [0.717, 1.165) is 62.7 Å². The predicted octanol–water partition coefficient (Wildman–Crippen LogP) is 10.3. The monoisotopic (exact) mass is 693 g/mol. The number of carbonyl (C=O) groups is 3. The molecule has 4 aliphatic carbocycles. The molecule has 1 aromatic rings. The minimum Gasteiger partial charge on any atom is -0.465 e. The van der Waals surface area contributed by atoms with E-state index in [2.05, 4.69) is 31.2 Å². The van der Waals surface area contributed by atoms with Crippen LogP contribution in [0.3, 0.4) is 0 Å². The molecule has 0 radical (unpaired) electrons. The van der Waals surface area contributed by atoms with Gasteiger partial charge in [0.25, 0.3) is 0 Å². The topological polar surface area (TPSA) is 83.8 Å². The minimum atomic E-state index is -0.393. The fourth-order valence-corrected chi connectivity index (χ4v) is 9.05. The number of nitrogens with zero attached hydrogens (tertiary/aromatic N) is 1. The van der Waals surface area contributed by atoms with E-state index >= 15 is 0 Å². The summed E-state index contributed by atoms with van der Waals surface area (Å²) in [5.41, 5.74) is 0.460. The van der Waals surface area contributed by atoms with Crippen LogP contribution in [-0.2, 0) is 35.1 Å². The number of esters is 3. The van der Waals surface area contributed by atoms with Gasteiger partial charge in [-0.3, -0.25) is 14.4 Å². The second kappa shape index (κ2) is 22.9. The van der Waals surface area contributed by atoms with E-state index in [4.69, 9.17) is 14.2 Å². The predicted molar refractivity (Wildman–Crippen MR) is 199 cm³/mol. The molecule has 0 amide bonds. The van der Waals surface area contributed by atoms with Crippen LogP contribution in [-0.4, -0.2) is 42.3 Å². The van der Waals surface area contributed by atoms with E-state index in [9.17, 15) is 14.4 Å². The number of hydrogen-bond donors (Lipinski definition) is 0. The molecule has 1 atom stereocenters. The van der Waals surface area contributed by atoms with Crippen molar-refractivity contribution >= 4 is 17.9 Å². The molecule has 1 aromatic heterocycles. The summed E-state index contributed by atoms with van der Waals surface area (Å²) < 4.78 is 18.5. The SMILES string of the molecule is CCCCC/C=C\C/C=C\CCCCCCCCC(=O)OCC(COC(=O)CCCC12CC3CC(CC(C3)C1)C2)COC(=O)Cn1cccc1. The summed E-state index contributed by atoms with van der Waals surface area (Å²) in [7, 11) is 0. The molecule has 0 aliphatic heterocycles. The van der Waals surface area contributed by atoms with Crippen molar-refractivity contribution in [3.8, 4) is 0 Å². The van der Waals surface area contributed by atoms with Crippen LogP contribution in [0.15, 0.2) is 48.8 Å². The van der Waals surface area contributed by atoms with Gasteiger partial charge in [-0.1, -0.05) is 69.8 Å². The standard InChI is InChI=1S/C43H67NO6/c1-2-3-4-5-6-7-8-9-10-11-12-13-14-15-16-17-21-40(45)48-33-39(35-50-42(47)32-44-24-18-19-25-44)34-49-41(46)22-20-23-43-29-36-26-37(30-43)28-38(27-36)31-43/h6-7,9-10,18-19,24-25,36-39H,2-5,8,11-17,20-23,26-35H2,1H3/b7-6-,10-9-. The third kappa shape index (κ3) is 15.6. The Balaban J connectivity index is 1.06. The van der Waals surface area contributed by atoms with Gasteiger partial charge >= 0.3 is 17.9 Å². The summed E-state index contributed by atoms with van der Waals surface area (Å²) in [6, 6.07) is 3.71. The molecule has 0 saturated heterocycles. The number of ether oxygens (including phenoxy) is 3. The third-order valence-electron chi connectivity index (χ3n) is 11.3. The highest BCUT2D eigenvalue weighted by Crippen LogP contribution is 2.61. The van der Waals surface area contributed by atoms with Gasteiger partial charge in [-0.25, -0.2) is 0 Å². The van der Waals surface area contributed by atoms with Crippen molar-refractivity contribution in [1.29, 1.82) is 0 Å². The van der Waals surface area contributed by atoms with Gasteiger partial charge in [-0.15, -0.1) is 0 Å². The van der Waals surface area contributed by atoms with Gasteiger partial charge in [0.2, 0.25) is 0 Å². The summed E-state index contributed by atoms with van der Waals surface area (Å²) in [5.74, 6) is 1.51. The highest BCUT2D eigenvalue weighted by molar-refractivity contribution is 5.70. The van der Waals surface area contributed by atoms with Gasteiger partial charge in [0.15, 0.2) is 0 Å². The molecule has 0 spiro atoms. The number of carbonyl (C=O) groups excluding carboxylic acids is 3. The van der Waals surface area contributed by atoms with Crippen LogP contribution >= 0.6 is 0 Å². The van der Waals surface area contributed by atoms with Crippen LogP contribution in [0.1, 0.15) is 148 Å². The molecule has 1 unspecified atom stereocenters. The molecule has 4 fully saturated rings. The lowest BCUT2D eigenvalue weighted by Gasteiger charge is -2.57. The van der Waals surface area contributed by atoms with Crippen LogP contribution in [0.5, 0.6) is 0 Å². The normalized spacial score (nSPS) is 23.1. The summed E-state index contributed by atoms with van der Waals surface area (Å²) in [5, 5.41) is 0. The van der Waals surface area contributed by atoms with Crippen LogP contribution in [0.25, 0.3) is 0 Å². The molecule has 5 rings (SSSR count). The Kier molecular flexibility index (Phi) is 18.3. The Labute approximate surface area is 303 Å². The van der Waals surface area contributed by atoms with Gasteiger partial charge in [-0.05, 0) is 125 Å². The van der Waals surface area contributed by atoms with Crippen molar-refractivity contribution in [2.24, 2.45) is 29.1 Å². The molecule has 4 saturated carbocycles. The summed E-state index contributed by atoms with van der Waals surface area (Å²) in [6.45, 7) is 2.53. The first kappa shape index (κ1) is 39.9. The van der Waals surface area contributed by atoms with Gasteiger partial charge in [0.1, 0.15) is 26.4 Å². The van der Waals surface area contributed by atoms with Gasteiger partial charge in [0, 0.05) is 25.2 Å². The lowest BCUT2D eigenvalue weighted by atomic mass is 9.48. The largest absolute Gasteiger partial charge is 0.465 e. The highest BCUT2D eigenvalue weighted by atomic mass is 16.6. The molecule has 50 heavy (non-hydrogen) atoms. The van der Waals surface area contributed by atoms with E-state index in [-0.39, 0.29) is 44.3 Å². The van der Waals surface area contributed by atoms with Crippen LogP contribution in [0.4, 0.5) is 0 Å². The van der Waals surface area contributed by atoms with E-state index < -0.39 is 5.92 Å². The fraction of sp³-hybridized carbons (Fsp3) is 0.744. The van der Waals surface area contributed by atoms with Crippen molar-refractivity contribution in [3.63, 3.8) is 0 Å². The Bertz CT molecular complexity index is 1130. The Morgan fingerprint density at radius 2 is 1.16 bits per heavy atom. The molecule has 280 valence electrons. The fourth-order valence-electron chi connectivity index (χ4n) is 9.05. The van der Waals surface area contributed by atoms with Gasteiger partial charge in [-0.2, -0.15) is 0 Å². The molecular weight excluding hydrogens is 626 g/mol. The minimum absolute atomic E-state index is 0.0406. The van der Waals surface area contributed by atoms with Crippen molar-refractivity contribution in [1.82, 2.24) is 4.57 Å². The van der Waals surface area contributed by atoms with Gasteiger partial charge < -0.3 is 18.8 Å². The average molecular weight is 694 g/mol. The van der Waals surface area contributed by atoms with E-state index in [1.165, 1.54) is 83.5 Å². The first-order chi connectivity index (χ1) is 24.4. The molecule has 4 aliphatic rings. The van der Waals surface area contributed by atoms with E-state index in [1.807, 2.05) is 12.1 Å². The molecule has 0 N–H and O–H groups in total. The summed E-state index contributed by atoms with van der Waals surface area (Å²) >= 11 is 0. The van der Waals surface area contributed by atoms with Gasteiger partial charge in [0.05, 0.1) is 5.92 Å². The van der Waals surface area contributed by atoms with Crippen molar-refractivity contribution in [2.45, 2.75) is 155 Å². The molecule has 4 bridgehead atoms. The number of allylic oxidation sites excluding steroid dienone is 4. The third-order valence-corrected chi connectivity index (χ3v) is 11.3. The highest BCUT2D eigenvalue weighted by Gasteiger charge is 2.50. The molecule has 1 heterocycles. The average Bonchev–Trinajstić information content (AvgIpc) is 3.60. The first-order valence-corrected chi connectivity index (χ1v) is 20.3. The van der Waals surface area contributed by atoms with Crippen molar-refractivity contribution < 1.29 is 28.6 Å².